The van der Waals surface area contributed by atoms with Gasteiger partial charge in [0.15, 0.2) is 0 Å². The molecule has 0 bridgehead atoms. The number of aliphatic carboxylic acids is 1. The van der Waals surface area contributed by atoms with E-state index < -0.39 is 11.9 Å². The van der Waals surface area contributed by atoms with E-state index in [1.807, 2.05) is 41.9 Å². The number of carbonyl (C=O) groups is 1. The minimum Gasteiger partial charge on any atom is -0.481 e. The summed E-state index contributed by atoms with van der Waals surface area (Å²) in [7, 11) is 0. The molecule has 0 aliphatic carbocycles. The van der Waals surface area contributed by atoms with Gasteiger partial charge in [-0.15, -0.1) is 0 Å². The van der Waals surface area contributed by atoms with Gasteiger partial charge in [0.05, 0.1) is 11.6 Å². The minimum absolute atomic E-state index is 0.484. The van der Waals surface area contributed by atoms with Crippen LogP contribution in [0.1, 0.15) is 24.1 Å². The number of nitrogens with zero attached hydrogens (tertiary/aromatic N) is 2. The van der Waals surface area contributed by atoms with E-state index in [1.54, 1.807) is 13.1 Å². The molecule has 1 atom stereocenters. The normalized spacial score (nSPS) is 12.4. The van der Waals surface area contributed by atoms with Gasteiger partial charge in [-0.1, -0.05) is 12.1 Å². The first-order valence-electron chi connectivity index (χ1n) is 5.43. The third kappa shape index (κ3) is 2.20. The highest BCUT2D eigenvalue weighted by atomic mass is 16.4. The fraction of sp³-hybridized carbons (Fsp3) is 0.231. The Morgan fingerprint density at radius 3 is 2.41 bits per heavy atom. The van der Waals surface area contributed by atoms with Crippen LogP contribution in [-0.4, -0.2) is 20.9 Å². The third-order valence-electron chi connectivity index (χ3n) is 2.84. The predicted octanol–water partition coefficient (Wildman–Crippen LogP) is 2.37. The SMILES string of the molecule is Cc1ccnn1-c1ccc(C(C)C(=O)O)cc1. The summed E-state index contributed by atoms with van der Waals surface area (Å²) in [6, 6.07) is 9.35. The monoisotopic (exact) mass is 230 g/mol. The second kappa shape index (κ2) is 4.41. The number of aryl methyl sites for hydroxylation is 1. The molecule has 0 saturated carbocycles. The van der Waals surface area contributed by atoms with Crippen LogP contribution in [0.2, 0.25) is 0 Å². The summed E-state index contributed by atoms with van der Waals surface area (Å²) in [4.78, 5) is 10.8. The summed E-state index contributed by atoms with van der Waals surface area (Å²) in [6.45, 7) is 3.65. The van der Waals surface area contributed by atoms with E-state index in [-0.39, 0.29) is 0 Å². The molecule has 0 radical (unpaired) electrons. The van der Waals surface area contributed by atoms with Crippen LogP contribution in [0, 0.1) is 6.92 Å². The van der Waals surface area contributed by atoms with Crippen LogP contribution in [0.3, 0.4) is 0 Å². The predicted molar refractivity (Wildman–Crippen MR) is 64.4 cm³/mol. The van der Waals surface area contributed by atoms with Gasteiger partial charge in [-0.05, 0) is 37.6 Å². The molecule has 1 N–H and O–H groups in total. The van der Waals surface area contributed by atoms with Crippen molar-refractivity contribution in [3.05, 3.63) is 47.8 Å². The number of carboxylic acids is 1. The molecule has 0 amide bonds. The number of hydrogen-bond acceptors (Lipinski definition) is 2. The fourth-order valence-electron chi connectivity index (χ4n) is 1.69. The van der Waals surface area contributed by atoms with Gasteiger partial charge >= 0.3 is 5.97 Å². The number of carboxylic acid groups (broad SMARTS) is 1. The highest BCUT2D eigenvalue weighted by molar-refractivity contribution is 5.75. The summed E-state index contributed by atoms with van der Waals surface area (Å²) >= 11 is 0. The first-order valence-corrected chi connectivity index (χ1v) is 5.43. The van der Waals surface area contributed by atoms with E-state index in [4.69, 9.17) is 5.11 Å². The van der Waals surface area contributed by atoms with Crippen molar-refractivity contribution >= 4 is 5.97 Å². The van der Waals surface area contributed by atoms with Crippen LogP contribution in [0.4, 0.5) is 0 Å². The van der Waals surface area contributed by atoms with Crippen molar-refractivity contribution < 1.29 is 9.90 Å². The van der Waals surface area contributed by atoms with Gasteiger partial charge in [0.2, 0.25) is 0 Å². The van der Waals surface area contributed by atoms with Crippen LogP contribution in [0.15, 0.2) is 36.5 Å². The van der Waals surface area contributed by atoms with Crippen molar-refractivity contribution in [2.24, 2.45) is 0 Å². The van der Waals surface area contributed by atoms with Crippen molar-refractivity contribution in [2.45, 2.75) is 19.8 Å². The molecule has 1 unspecified atom stereocenters. The maximum atomic E-state index is 10.8. The van der Waals surface area contributed by atoms with E-state index in [2.05, 4.69) is 5.10 Å². The molecule has 1 aromatic carbocycles. The van der Waals surface area contributed by atoms with E-state index in [0.29, 0.717) is 0 Å². The molecule has 0 fully saturated rings. The summed E-state index contributed by atoms with van der Waals surface area (Å²) in [5.74, 6) is -1.30. The Hall–Kier alpha value is -2.10. The number of aromatic nitrogens is 2. The summed E-state index contributed by atoms with van der Waals surface area (Å²) < 4.78 is 1.81. The lowest BCUT2D eigenvalue weighted by molar-refractivity contribution is -0.138. The van der Waals surface area contributed by atoms with E-state index >= 15 is 0 Å². The lowest BCUT2D eigenvalue weighted by Crippen LogP contribution is -2.07. The van der Waals surface area contributed by atoms with Crippen LogP contribution in [-0.2, 0) is 4.79 Å². The average Bonchev–Trinajstić information content (AvgIpc) is 2.74. The van der Waals surface area contributed by atoms with Crippen LogP contribution >= 0.6 is 0 Å². The van der Waals surface area contributed by atoms with Gasteiger partial charge in [0.1, 0.15) is 0 Å². The number of benzene rings is 1. The lowest BCUT2D eigenvalue weighted by atomic mass is 10.0. The summed E-state index contributed by atoms with van der Waals surface area (Å²) in [5.41, 5.74) is 2.78. The average molecular weight is 230 g/mol. The largest absolute Gasteiger partial charge is 0.481 e. The van der Waals surface area contributed by atoms with Crippen LogP contribution < -0.4 is 0 Å². The molecule has 2 aromatic rings. The Kier molecular flexibility index (Phi) is 2.95. The van der Waals surface area contributed by atoms with E-state index in [9.17, 15) is 4.79 Å². The molecule has 4 heteroatoms. The van der Waals surface area contributed by atoms with Gasteiger partial charge < -0.3 is 5.11 Å². The molecule has 88 valence electrons. The van der Waals surface area contributed by atoms with Crippen molar-refractivity contribution in [3.8, 4) is 5.69 Å². The zero-order chi connectivity index (χ0) is 12.4. The molecule has 4 nitrogen and oxygen atoms in total. The topological polar surface area (TPSA) is 55.1 Å². The first-order chi connectivity index (χ1) is 8.09. The Morgan fingerprint density at radius 1 is 1.29 bits per heavy atom. The van der Waals surface area contributed by atoms with Gasteiger partial charge in [-0.2, -0.15) is 5.10 Å². The van der Waals surface area contributed by atoms with Crippen molar-refractivity contribution in [3.63, 3.8) is 0 Å². The molecule has 1 heterocycles. The summed E-state index contributed by atoms with van der Waals surface area (Å²) in [5, 5.41) is 13.1. The van der Waals surface area contributed by atoms with E-state index in [0.717, 1.165) is 16.9 Å². The second-order valence-electron chi connectivity index (χ2n) is 4.04. The number of rotatable bonds is 3. The van der Waals surface area contributed by atoms with Gasteiger partial charge in [0, 0.05) is 11.9 Å². The lowest BCUT2D eigenvalue weighted by Gasteiger charge is -2.08. The second-order valence-corrected chi connectivity index (χ2v) is 4.04. The van der Waals surface area contributed by atoms with Crippen molar-refractivity contribution in [1.29, 1.82) is 0 Å². The zero-order valence-corrected chi connectivity index (χ0v) is 9.79. The zero-order valence-electron chi connectivity index (χ0n) is 9.79. The quantitative estimate of drug-likeness (QED) is 0.880. The summed E-state index contributed by atoms with van der Waals surface area (Å²) in [6.07, 6.45) is 1.74. The fourth-order valence-corrected chi connectivity index (χ4v) is 1.69. The molecule has 1 aromatic heterocycles. The van der Waals surface area contributed by atoms with Gasteiger partial charge in [-0.3, -0.25) is 4.79 Å². The molecule has 17 heavy (non-hydrogen) atoms. The van der Waals surface area contributed by atoms with Crippen LogP contribution in [0.5, 0.6) is 0 Å². The molecular formula is C13H14N2O2. The maximum Gasteiger partial charge on any atom is 0.310 e. The minimum atomic E-state index is -0.812. The Bertz CT molecular complexity index is 529. The van der Waals surface area contributed by atoms with Crippen LogP contribution in [0.25, 0.3) is 5.69 Å². The highest BCUT2D eigenvalue weighted by Crippen LogP contribution is 2.18. The first kappa shape index (κ1) is 11.4. The van der Waals surface area contributed by atoms with Crippen molar-refractivity contribution in [1.82, 2.24) is 9.78 Å². The molecule has 0 spiro atoms. The Morgan fingerprint density at radius 2 is 1.94 bits per heavy atom. The Balaban J connectivity index is 2.31. The van der Waals surface area contributed by atoms with Crippen molar-refractivity contribution in [2.75, 3.05) is 0 Å². The Labute approximate surface area is 99.5 Å². The number of hydrogen-bond donors (Lipinski definition) is 1. The van der Waals surface area contributed by atoms with E-state index in [1.165, 1.54) is 0 Å². The molecule has 0 aliphatic rings. The molecule has 2 rings (SSSR count). The highest BCUT2D eigenvalue weighted by Gasteiger charge is 2.13. The molecule has 0 saturated heterocycles. The maximum absolute atomic E-state index is 10.8. The molecule has 0 aliphatic heterocycles. The third-order valence-corrected chi connectivity index (χ3v) is 2.84. The van der Waals surface area contributed by atoms with Gasteiger partial charge in [0.25, 0.3) is 0 Å². The smallest absolute Gasteiger partial charge is 0.310 e. The standard InChI is InChI=1S/C13H14N2O2/c1-9-7-8-14-15(9)12-5-3-11(4-6-12)10(2)13(16)17/h3-8,10H,1-2H3,(H,16,17). The molecular weight excluding hydrogens is 216 g/mol. The van der Waals surface area contributed by atoms with Gasteiger partial charge in [-0.25, -0.2) is 4.68 Å².